The normalized spacial score (nSPS) is 15.9. The molecular formula is C21H19FN2O4S. The van der Waals surface area contributed by atoms with Crippen LogP contribution in [-0.4, -0.2) is 24.7 Å². The molecule has 4 rings (SSSR count). The number of hydrogen-bond donors (Lipinski definition) is 0. The van der Waals surface area contributed by atoms with Gasteiger partial charge in [0, 0.05) is 31.0 Å². The van der Waals surface area contributed by atoms with E-state index in [0.717, 1.165) is 21.8 Å². The molecule has 6 nitrogen and oxygen atoms in total. The van der Waals surface area contributed by atoms with E-state index < -0.39 is 5.82 Å². The highest BCUT2D eigenvalue weighted by atomic mass is 32.1. The number of ether oxygens (including phenoxy) is 2. The Kier molecular flexibility index (Phi) is 4.87. The molecule has 1 aliphatic rings. The number of nitrogens with zero attached hydrogens (tertiary/aromatic N) is 2. The van der Waals surface area contributed by atoms with E-state index >= 15 is 0 Å². The van der Waals surface area contributed by atoms with Crippen molar-refractivity contribution >= 4 is 28.7 Å². The SMILES string of the molecule is COc1ccc(C2CC(=O)N(c3ccc(F)cc3)c3c2sc(=O)n3C)c(OC)c1. The summed E-state index contributed by atoms with van der Waals surface area (Å²) in [5.41, 5.74) is 1.33. The van der Waals surface area contributed by atoms with Gasteiger partial charge in [-0.1, -0.05) is 17.4 Å². The van der Waals surface area contributed by atoms with Gasteiger partial charge in [-0.25, -0.2) is 4.39 Å². The fraction of sp³-hybridized carbons (Fsp3) is 0.238. The second kappa shape index (κ2) is 7.36. The molecular weight excluding hydrogens is 395 g/mol. The Bertz CT molecular complexity index is 1140. The highest BCUT2D eigenvalue weighted by Crippen LogP contribution is 2.47. The summed E-state index contributed by atoms with van der Waals surface area (Å²) in [5.74, 6) is 0.840. The van der Waals surface area contributed by atoms with Crippen LogP contribution in [0, 0.1) is 5.82 Å². The molecule has 0 N–H and O–H groups in total. The molecule has 0 radical (unpaired) electrons. The van der Waals surface area contributed by atoms with Crippen LogP contribution in [0.4, 0.5) is 15.9 Å². The van der Waals surface area contributed by atoms with Gasteiger partial charge in [-0.05, 0) is 30.3 Å². The summed E-state index contributed by atoms with van der Waals surface area (Å²) in [4.78, 5) is 27.8. The van der Waals surface area contributed by atoms with Crippen molar-refractivity contribution in [2.75, 3.05) is 19.1 Å². The molecule has 0 bridgehead atoms. The molecule has 0 saturated heterocycles. The number of amides is 1. The molecule has 1 amide bonds. The number of aromatic nitrogens is 1. The molecule has 8 heteroatoms. The predicted octanol–water partition coefficient (Wildman–Crippen LogP) is 3.80. The van der Waals surface area contributed by atoms with Gasteiger partial charge < -0.3 is 9.47 Å². The smallest absolute Gasteiger partial charge is 0.308 e. The quantitative estimate of drug-likeness (QED) is 0.652. The van der Waals surface area contributed by atoms with Gasteiger partial charge in [-0.3, -0.25) is 19.1 Å². The van der Waals surface area contributed by atoms with Gasteiger partial charge in [0.1, 0.15) is 23.1 Å². The van der Waals surface area contributed by atoms with Crippen LogP contribution < -0.4 is 19.2 Å². The van der Waals surface area contributed by atoms with Crippen molar-refractivity contribution in [2.24, 2.45) is 7.05 Å². The third-order valence-corrected chi connectivity index (χ3v) is 6.20. The second-order valence-electron chi connectivity index (χ2n) is 6.69. The predicted molar refractivity (Wildman–Crippen MR) is 109 cm³/mol. The van der Waals surface area contributed by atoms with Gasteiger partial charge in [-0.15, -0.1) is 0 Å². The van der Waals surface area contributed by atoms with Gasteiger partial charge in [0.2, 0.25) is 5.91 Å². The van der Waals surface area contributed by atoms with Crippen molar-refractivity contribution in [3.05, 3.63) is 68.4 Å². The van der Waals surface area contributed by atoms with Crippen LogP contribution in [0.1, 0.15) is 22.8 Å². The number of carbonyl (C=O) groups is 1. The highest BCUT2D eigenvalue weighted by Gasteiger charge is 2.38. The average Bonchev–Trinajstić information content (AvgIpc) is 3.02. The molecule has 2 heterocycles. The van der Waals surface area contributed by atoms with Crippen molar-refractivity contribution in [2.45, 2.75) is 12.3 Å². The minimum atomic E-state index is -0.390. The number of halogens is 1. The number of carbonyl (C=O) groups excluding carboxylic acids is 1. The molecule has 1 aromatic heterocycles. The third kappa shape index (κ3) is 3.19. The zero-order chi connectivity index (χ0) is 20.7. The maximum atomic E-state index is 13.4. The van der Waals surface area contributed by atoms with Crippen LogP contribution in [0.3, 0.4) is 0 Å². The van der Waals surface area contributed by atoms with Gasteiger partial charge in [0.15, 0.2) is 0 Å². The minimum Gasteiger partial charge on any atom is -0.497 e. The molecule has 2 aromatic carbocycles. The lowest BCUT2D eigenvalue weighted by Crippen LogP contribution is -2.34. The monoisotopic (exact) mass is 414 g/mol. The summed E-state index contributed by atoms with van der Waals surface area (Å²) < 4.78 is 25.6. The number of methoxy groups -OCH3 is 2. The van der Waals surface area contributed by atoms with Crippen molar-refractivity contribution < 1.29 is 18.7 Å². The summed E-state index contributed by atoms with van der Waals surface area (Å²) in [7, 11) is 4.76. The molecule has 1 atom stereocenters. The van der Waals surface area contributed by atoms with Crippen molar-refractivity contribution in [3.63, 3.8) is 0 Å². The zero-order valence-electron chi connectivity index (χ0n) is 16.1. The molecule has 1 unspecified atom stereocenters. The standard InChI is InChI=1S/C21H19FN2O4S/c1-23-20-19(29-21(23)26)16(15-9-8-14(27-2)10-17(15)28-3)11-18(25)24(20)13-6-4-12(22)5-7-13/h4-10,16H,11H2,1-3H3. The first kappa shape index (κ1) is 19.2. The fourth-order valence-electron chi connectivity index (χ4n) is 3.64. The van der Waals surface area contributed by atoms with Crippen molar-refractivity contribution in [3.8, 4) is 11.5 Å². The van der Waals surface area contributed by atoms with Gasteiger partial charge in [0.25, 0.3) is 0 Å². The number of thiazole rings is 1. The lowest BCUT2D eigenvalue weighted by Gasteiger charge is -2.32. The number of rotatable bonds is 4. The number of fused-ring (bicyclic) bond motifs is 1. The molecule has 0 aliphatic carbocycles. The minimum absolute atomic E-state index is 0.160. The van der Waals surface area contributed by atoms with E-state index in [-0.39, 0.29) is 23.1 Å². The van der Waals surface area contributed by atoms with E-state index in [9.17, 15) is 14.0 Å². The lowest BCUT2D eigenvalue weighted by molar-refractivity contribution is -0.118. The van der Waals surface area contributed by atoms with E-state index in [1.165, 1.54) is 33.7 Å². The Hall–Kier alpha value is -3.13. The lowest BCUT2D eigenvalue weighted by atomic mass is 9.89. The fourth-order valence-corrected chi connectivity index (χ4v) is 4.72. The Labute approximate surface area is 170 Å². The van der Waals surface area contributed by atoms with Crippen LogP contribution in [0.15, 0.2) is 47.3 Å². The van der Waals surface area contributed by atoms with Crippen molar-refractivity contribution in [1.82, 2.24) is 4.57 Å². The first-order valence-corrected chi connectivity index (χ1v) is 9.76. The second-order valence-corrected chi connectivity index (χ2v) is 7.68. The molecule has 1 aliphatic heterocycles. The Morgan fingerprint density at radius 1 is 1.07 bits per heavy atom. The zero-order valence-corrected chi connectivity index (χ0v) is 17.0. The summed E-state index contributed by atoms with van der Waals surface area (Å²) >= 11 is 1.11. The van der Waals surface area contributed by atoms with Crippen LogP contribution in [0.5, 0.6) is 11.5 Å². The van der Waals surface area contributed by atoms with Crippen LogP contribution in [0.25, 0.3) is 0 Å². The Morgan fingerprint density at radius 3 is 2.45 bits per heavy atom. The molecule has 0 fully saturated rings. The number of benzene rings is 2. The Balaban J connectivity index is 1.89. The number of anilines is 2. The maximum absolute atomic E-state index is 13.4. The van der Waals surface area contributed by atoms with Crippen LogP contribution in [-0.2, 0) is 11.8 Å². The van der Waals surface area contributed by atoms with Crippen molar-refractivity contribution in [1.29, 1.82) is 0 Å². The summed E-state index contributed by atoms with van der Waals surface area (Å²) in [6.07, 6.45) is 0.160. The van der Waals surface area contributed by atoms with Gasteiger partial charge in [-0.2, -0.15) is 0 Å². The third-order valence-electron chi connectivity index (χ3n) is 5.07. The maximum Gasteiger partial charge on any atom is 0.308 e. The van der Waals surface area contributed by atoms with Gasteiger partial charge in [0.05, 0.1) is 24.8 Å². The largest absolute Gasteiger partial charge is 0.497 e. The van der Waals surface area contributed by atoms with Gasteiger partial charge >= 0.3 is 4.87 Å². The summed E-state index contributed by atoms with van der Waals surface area (Å²) in [5, 5.41) is 0. The Morgan fingerprint density at radius 2 is 1.79 bits per heavy atom. The topological polar surface area (TPSA) is 60.8 Å². The van der Waals surface area contributed by atoms with E-state index in [1.807, 2.05) is 6.07 Å². The van der Waals surface area contributed by atoms with Crippen LogP contribution >= 0.6 is 11.3 Å². The highest BCUT2D eigenvalue weighted by molar-refractivity contribution is 7.10. The average molecular weight is 414 g/mol. The molecule has 0 saturated carbocycles. The van der Waals surface area contributed by atoms with Crippen LogP contribution in [0.2, 0.25) is 0 Å². The molecule has 3 aromatic rings. The summed E-state index contributed by atoms with van der Waals surface area (Å²) in [6.45, 7) is 0. The molecule has 0 spiro atoms. The first-order chi connectivity index (χ1) is 13.9. The molecule has 150 valence electrons. The van der Waals surface area contributed by atoms with E-state index in [1.54, 1.807) is 33.4 Å². The van der Waals surface area contributed by atoms with E-state index in [4.69, 9.17) is 9.47 Å². The summed E-state index contributed by atoms with van der Waals surface area (Å²) in [6, 6.07) is 11.1. The molecule has 29 heavy (non-hydrogen) atoms. The van der Waals surface area contributed by atoms with E-state index in [0.29, 0.717) is 23.0 Å². The van der Waals surface area contributed by atoms with E-state index in [2.05, 4.69) is 0 Å². The number of hydrogen-bond acceptors (Lipinski definition) is 5. The first-order valence-electron chi connectivity index (χ1n) is 8.94.